The molecule has 0 aromatic heterocycles. The average Bonchev–Trinajstić information content (AvgIpc) is 2.61. The van der Waals surface area contributed by atoms with E-state index < -0.39 is 0 Å². The molecule has 0 aliphatic carbocycles. The third-order valence-electron chi connectivity index (χ3n) is 4.12. The van der Waals surface area contributed by atoms with E-state index in [0.29, 0.717) is 6.04 Å². The standard InChI is InChI=1S/C16H26N4/c1-3-15-12-19(2)8-5-9-20(15)11-13-6-4-7-14(10-13)16(17)18/h4,6-7,10,15H,3,5,8-9,11-12H2,1-2H3,(H3,17,18). The molecule has 2 rings (SSSR count). The number of nitrogen functional groups attached to an aromatic ring is 1. The zero-order valence-corrected chi connectivity index (χ0v) is 12.6. The van der Waals surface area contributed by atoms with Crippen LogP contribution in [0.5, 0.6) is 0 Å². The zero-order valence-electron chi connectivity index (χ0n) is 12.6. The predicted molar refractivity (Wildman–Crippen MR) is 84.1 cm³/mol. The molecule has 1 saturated heterocycles. The van der Waals surface area contributed by atoms with Gasteiger partial charge in [-0.2, -0.15) is 0 Å². The van der Waals surface area contributed by atoms with Crippen molar-refractivity contribution < 1.29 is 0 Å². The van der Waals surface area contributed by atoms with Crippen molar-refractivity contribution in [1.82, 2.24) is 9.80 Å². The number of amidine groups is 1. The van der Waals surface area contributed by atoms with Crippen molar-refractivity contribution in [3.05, 3.63) is 35.4 Å². The van der Waals surface area contributed by atoms with Crippen molar-refractivity contribution in [2.24, 2.45) is 5.73 Å². The van der Waals surface area contributed by atoms with Gasteiger partial charge in [0.05, 0.1) is 0 Å². The minimum atomic E-state index is 0.148. The van der Waals surface area contributed by atoms with Gasteiger partial charge < -0.3 is 10.6 Å². The number of nitrogens with two attached hydrogens (primary N) is 1. The molecule has 110 valence electrons. The summed E-state index contributed by atoms with van der Waals surface area (Å²) in [5.74, 6) is 0.148. The number of nitrogens with zero attached hydrogens (tertiary/aromatic N) is 2. The van der Waals surface area contributed by atoms with E-state index in [4.69, 9.17) is 11.1 Å². The second-order valence-electron chi connectivity index (χ2n) is 5.76. The first-order valence-electron chi connectivity index (χ1n) is 7.46. The molecule has 1 aliphatic heterocycles. The fourth-order valence-electron chi connectivity index (χ4n) is 2.96. The molecule has 4 nitrogen and oxygen atoms in total. The van der Waals surface area contributed by atoms with Crippen molar-refractivity contribution >= 4 is 5.84 Å². The highest BCUT2D eigenvalue weighted by molar-refractivity contribution is 5.95. The molecule has 1 aromatic carbocycles. The lowest BCUT2D eigenvalue weighted by Gasteiger charge is -2.30. The quantitative estimate of drug-likeness (QED) is 0.651. The summed E-state index contributed by atoms with van der Waals surface area (Å²) < 4.78 is 0. The average molecular weight is 274 g/mol. The molecule has 3 N–H and O–H groups in total. The van der Waals surface area contributed by atoms with Crippen molar-refractivity contribution in [2.75, 3.05) is 26.7 Å². The van der Waals surface area contributed by atoms with Crippen molar-refractivity contribution in [3.8, 4) is 0 Å². The van der Waals surface area contributed by atoms with Crippen molar-refractivity contribution in [2.45, 2.75) is 32.4 Å². The highest BCUT2D eigenvalue weighted by atomic mass is 15.2. The summed E-state index contributed by atoms with van der Waals surface area (Å²) in [5, 5.41) is 7.55. The number of hydrogen-bond donors (Lipinski definition) is 2. The summed E-state index contributed by atoms with van der Waals surface area (Å²) >= 11 is 0. The first kappa shape index (κ1) is 15.0. The third kappa shape index (κ3) is 3.81. The van der Waals surface area contributed by atoms with Crippen LogP contribution in [0.1, 0.15) is 30.9 Å². The number of likely N-dealkylation sites (N-methyl/N-ethyl adjacent to an activating group) is 1. The molecular weight excluding hydrogens is 248 g/mol. The lowest BCUT2D eigenvalue weighted by Crippen LogP contribution is -2.39. The second-order valence-corrected chi connectivity index (χ2v) is 5.76. The molecule has 0 amide bonds. The first-order valence-corrected chi connectivity index (χ1v) is 7.46. The topological polar surface area (TPSA) is 56.4 Å². The highest BCUT2D eigenvalue weighted by Crippen LogP contribution is 2.16. The Bertz CT molecular complexity index is 458. The number of nitrogens with one attached hydrogen (secondary N) is 1. The van der Waals surface area contributed by atoms with E-state index in [2.05, 4.69) is 29.8 Å². The molecule has 1 heterocycles. The van der Waals surface area contributed by atoms with Crippen LogP contribution >= 0.6 is 0 Å². The third-order valence-corrected chi connectivity index (χ3v) is 4.12. The molecule has 0 saturated carbocycles. The maximum Gasteiger partial charge on any atom is 0.122 e. The Morgan fingerprint density at radius 1 is 1.40 bits per heavy atom. The fourth-order valence-corrected chi connectivity index (χ4v) is 2.96. The van der Waals surface area contributed by atoms with Gasteiger partial charge in [0.15, 0.2) is 0 Å². The molecule has 1 fully saturated rings. The van der Waals surface area contributed by atoms with E-state index in [0.717, 1.165) is 25.2 Å². The van der Waals surface area contributed by atoms with Crippen LogP contribution in [0.15, 0.2) is 24.3 Å². The molecule has 0 spiro atoms. The van der Waals surface area contributed by atoms with Crippen molar-refractivity contribution in [3.63, 3.8) is 0 Å². The van der Waals surface area contributed by atoms with Gasteiger partial charge in [-0.05, 0) is 38.1 Å². The zero-order chi connectivity index (χ0) is 14.5. The normalized spacial score (nSPS) is 21.6. The largest absolute Gasteiger partial charge is 0.384 e. The first-order chi connectivity index (χ1) is 9.60. The van der Waals surface area contributed by atoms with E-state index in [-0.39, 0.29) is 5.84 Å². The summed E-state index contributed by atoms with van der Waals surface area (Å²) in [6.07, 6.45) is 2.40. The lowest BCUT2D eigenvalue weighted by atomic mass is 10.1. The van der Waals surface area contributed by atoms with Crippen LogP contribution in [-0.4, -0.2) is 48.4 Å². The van der Waals surface area contributed by atoms with E-state index in [9.17, 15) is 0 Å². The SMILES string of the molecule is CCC1CN(C)CCCN1Cc1cccc(C(=N)N)c1. The van der Waals surface area contributed by atoms with Gasteiger partial charge in [0, 0.05) is 31.2 Å². The van der Waals surface area contributed by atoms with Gasteiger partial charge in [-0.3, -0.25) is 10.3 Å². The Morgan fingerprint density at radius 2 is 2.20 bits per heavy atom. The maximum absolute atomic E-state index is 7.55. The molecular formula is C16H26N4. The predicted octanol–water partition coefficient (Wildman–Crippen LogP) is 1.89. The van der Waals surface area contributed by atoms with Gasteiger partial charge >= 0.3 is 0 Å². The minimum absolute atomic E-state index is 0.148. The second kappa shape index (κ2) is 6.86. The highest BCUT2D eigenvalue weighted by Gasteiger charge is 2.21. The molecule has 0 bridgehead atoms. The lowest BCUT2D eigenvalue weighted by molar-refractivity contribution is 0.176. The van der Waals surface area contributed by atoms with Gasteiger partial charge in [-0.15, -0.1) is 0 Å². The molecule has 1 aliphatic rings. The van der Waals surface area contributed by atoms with Crippen LogP contribution in [0.2, 0.25) is 0 Å². The van der Waals surface area contributed by atoms with E-state index in [1.165, 1.54) is 24.9 Å². The van der Waals surface area contributed by atoms with Gasteiger partial charge in [0.25, 0.3) is 0 Å². The minimum Gasteiger partial charge on any atom is -0.384 e. The van der Waals surface area contributed by atoms with Crippen LogP contribution in [0.3, 0.4) is 0 Å². The maximum atomic E-state index is 7.55. The van der Waals surface area contributed by atoms with Crippen LogP contribution < -0.4 is 5.73 Å². The van der Waals surface area contributed by atoms with Gasteiger partial charge in [-0.25, -0.2) is 0 Å². The summed E-state index contributed by atoms with van der Waals surface area (Å²) in [6.45, 7) is 6.69. The smallest absolute Gasteiger partial charge is 0.122 e. The number of benzene rings is 1. The Balaban J connectivity index is 2.10. The Morgan fingerprint density at radius 3 is 2.90 bits per heavy atom. The van der Waals surface area contributed by atoms with E-state index >= 15 is 0 Å². The van der Waals surface area contributed by atoms with Crippen LogP contribution in [0.4, 0.5) is 0 Å². The molecule has 1 aromatic rings. The summed E-state index contributed by atoms with van der Waals surface area (Å²) in [4.78, 5) is 5.00. The molecule has 20 heavy (non-hydrogen) atoms. The number of hydrogen-bond acceptors (Lipinski definition) is 3. The summed E-state index contributed by atoms with van der Waals surface area (Å²) in [7, 11) is 2.21. The van der Waals surface area contributed by atoms with Crippen LogP contribution in [-0.2, 0) is 6.54 Å². The summed E-state index contributed by atoms with van der Waals surface area (Å²) in [6, 6.07) is 8.69. The van der Waals surface area contributed by atoms with Gasteiger partial charge in [-0.1, -0.05) is 25.1 Å². The molecule has 1 unspecified atom stereocenters. The van der Waals surface area contributed by atoms with E-state index in [1.54, 1.807) is 0 Å². The van der Waals surface area contributed by atoms with Crippen LogP contribution in [0.25, 0.3) is 0 Å². The Labute approximate surface area is 122 Å². The molecule has 4 heteroatoms. The molecule has 0 radical (unpaired) electrons. The Hall–Kier alpha value is -1.39. The van der Waals surface area contributed by atoms with Crippen LogP contribution in [0, 0.1) is 5.41 Å². The summed E-state index contributed by atoms with van der Waals surface area (Å²) in [5.41, 5.74) is 7.65. The van der Waals surface area contributed by atoms with E-state index in [1.807, 2.05) is 18.2 Å². The molecule has 1 atom stereocenters. The monoisotopic (exact) mass is 274 g/mol. The van der Waals surface area contributed by atoms with Gasteiger partial charge in [0.1, 0.15) is 5.84 Å². The number of rotatable bonds is 4. The Kier molecular flexibility index (Phi) is 5.15. The van der Waals surface area contributed by atoms with Crippen molar-refractivity contribution in [1.29, 1.82) is 5.41 Å². The fraction of sp³-hybridized carbons (Fsp3) is 0.562. The van der Waals surface area contributed by atoms with Gasteiger partial charge in [0.2, 0.25) is 0 Å².